The van der Waals surface area contributed by atoms with Crippen molar-refractivity contribution >= 4 is 11.6 Å². The maximum atomic E-state index is 15.3. The quantitative estimate of drug-likeness (QED) is 0.717. The van der Waals surface area contributed by atoms with E-state index < -0.39 is 28.2 Å². The smallest absolute Gasteiger partial charge is 0.178 e. The standard InChI is InChI=1S/C22H27FO4/c1-11-7-14-15-9-17(23)16-8-13(25)5-6-19(16,3)22(15)18(27-22)10-20(14,4)21(11,26)12(2)24/h5-6,8,11,14-15,17-18,26H,7,9-10H2,1-4H3/t11-,14+,15+,17-,18+,19+,20+,21+,22-/m1/s1. The molecule has 1 saturated heterocycles. The molecule has 5 aliphatic rings. The normalized spacial score (nSPS) is 57.9. The minimum atomic E-state index is -1.39. The van der Waals surface area contributed by atoms with Gasteiger partial charge in [-0.3, -0.25) is 9.59 Å². The van der Waals surface area contributed by atoms with Crippen molar-refractivity contribution in [3.63, 3.8) is 0 Å². The van der Waals surface area contributed by atoms with Gasteiger partial charge < -0.3 is 9.84 Å². The number of hydrogen-bond acceptors (Lipinski definition) is 4. The molecule has 1 N–H and O–H groups in total. The van der Waals surface area contributed by atoms with Gasteiger partial charge in [0.1, 0.15) is 17.4 Å². The minimum Gasteiger partial charge on any atom is -0.381 e. The molecule has 0 unspecified atom stereocenters. The van der Waals surface area contributed by atoms with Crippen LogP contribution in [0.5, 0.6) is 0 Å². The summed E-state index contributed by atoms with van der Waals surface area (Å²) in [6, 6.07) is 0. The first-order valence-electron chi connectivity index (χ1n) is 10.0. The number of hydrogen-bond donors (Lipinski definition) is 1. The third-order valence-electron chi connectivity index (χ3n) is 9.04. The number of carbonyl (C=O) groups excluding carboxylic acids is 2. The molecule has 0 aromatic rings. The van der Waals surface area contributed by atoms with E-state index in [2.05, 4.69) is 0 Å². The Hall–Kier alpha value is -1.33. The molecule has 5 heteroatoms. The van der Waals surface area contributed by atoms with Crippen molar-refractivity contribution in [2.24, 2.45) is 28.6 Å². The molecule has 5 rings (SSSR count). The van der Waals surface area contributed by atoms with Crippen LogP contribution in [0.3, 0.4) is 0 Å². The molecule has 146 valence electrons. The molecule has 0 aromatic heterocycles. The highest BCUT2D eigenvalue weighted by molar-refractivity contribution is 6.01. The van der Waals surface area contributed by atoms with Crippen LogP contribution in [0.25, 0.3) is 0 Å². The van der Waals surface area contributed by atoms with E-state index in [9.17, 15) is 14.7 Å². The highest BCUT2D eigenvalue weighted by Gasteiger charge is 2.82. The van der Waals surface area contributed by atoms with Crippen LogP contribution in [0.2, 0.25) is 0 Å². The average molecular weight is 374 g/mol. The average Bonchev–Trinajstić information content (AvgIpc) is 3.27. The Morgan fingerprint density at radius 3 is 2.67 bits per heavy atom. The number of Topliss-reactive ketones (excluding diaryl/α,β-unsaturated/α-hetero) is 1. The van der Waals surface area contributed by atoms with Gasteiger partial charge in [-0.25, -0.2) is 4.39 Å². The van der Waals surface area contributed by atoms with Crippen LogP contribution in [0.15, 0.2) is 23.8 Å². The first-order valence-corrected chi connectivity index (χ1v) is 10.0. The molecular weight excluding hydrogens is 347 g/mol. The minimum absolute atomic E-state index is 0.0165. The van der Waals surface area contributed by atoms with Gasteiger partial charge in [-0.1, -0.05) is 19.9 Å². The molecule has 0 amide bonds. The summed E-state index contributed by atoms with van der Waals surface area (Å²) in [4.78, 5) is 24.4. The SMILES string of the molecule is CC(=O)[C@@]1(O)[C@H](C)C[C@H]2[C@@H]3C[C@@H](F)C4=CC(=O)C=C[C@]4(C)[C@@]34O[C@H]4C[C@@]21C. The van der Waals surface area contributed by atoms with Gasteiger partial charge in [-0.05, 0) is 68.6 Å². The maximum absolute atomic E-state index is 15.3. The van der Waals surface area contributed by atoms with Crippen LogP contribution < -0.4 is 0 Å². The molecular formula is C22H27FO4. The predicted molar refractivity (Wildman–Crippen MR) is 96.6 cm³/mol. The van der Waals surface area contributed by atoms with Crippen LogP contribution in [0.1, 0.15) is 47.0 Å². The van der Waals surface area contributed by atoms with E-state index >= 15 is 4.39 Å². The molecule has 27 heavy (non-hydrogen) atoms. The molecule has 4 aliphatic carbocycles. The Kier molecular flexibility index (Phi) is 3.15. The zero-order valence-electron chi connectivity index (χ0n) is 16.3. The topological polar surface area (TPSA) is 66.9 Å². The number of ether oxygens (including phenoxy) is 1. The van der Waals surface area contributed by atoms with Gasteiger partial charge in [0.2, 0.25) is 0 Å². The lowest BCUT2D eigenvalue weighted by Gasteiger charge is -2.56. The number of epoxide rings is 1. The van der Waals surface area contributed by atoms with Crippen LogP contribution >= 0.6 is 0 Å². The molecule has 0 radical (unpaired) electrons. The monoisotopic (exact) mass is 374 g/mol. The second kappa shape index (κ2) is 4.80. The fraction of sp³-hybridized carbons (Fsp3) is 0.727. The van der Waals surface area contributed by atoms with Gasteiger partial charge in [-0.15, -0.1) is 0 Å². The summed E-state index contributed by atoms with van der Waals surface area (Å²) < 4.78 is 21.6. The molecule has 1 heterocycles. The highest BCUT2D eigenvalue weighted by Crippen LogP contribution is 2.76. The molecule has 1 aliphatic heterocycles. The van der Waals surface area contributed by atoms with E-state index in [1.54, 1.807) is 0 Å². The second-order valence-corrected chi connectivity index (χ2v) is 9.93. The molecule has 1 spiro atoms. The third kappa shape index (κ3) is 1.69. The van der Waals surface area contributed by atoms with Gasteiger partial charge in [-0.2, -0.15) is 0 Å². The van der Waals surface area contributed by atoms with Crippen molar-refractivity contribution in [3.05, 3.63) is 23.8 Å². The van der Waals surface area contributed by atoms with E-state index in [1.165, 1.54) is 19.1 Å². The summed E-state index contributed by atoms with van der Waals surface area (Å²) in [6.07, 6.45) is 5.07. The number of halogens is 1. The van der Waals surface area contributed by atoms with Gasteiger partial charge in [0.05, 0.1) is 6.10 Å². The first kappa shape index (κ1) is 17.7. The van der Waals surface area contributed by atoms with Crippen molar-refractivity contribution in [3.8, 4) is 0 Å². The molecule has 4 nitrogen and oxygen atoms in total. The van der Waals surface area contributed by atoms with E-state index in [4.69, 9.17) is 4.74 Å². The molecule has 3 saturated carbocycles. The number of rotatable bonds is 1. The van der Waals surface area contributed by atoms with Crippen LogP contribution in [0, 0.1) is 28.6 Å². The summed E-state index contributed by atoms with van der Waals surface area (Å²) in [5.41, 5.74) is -2.64. The largest absolute Gasteiger partial charge is 0.381 e. The van der Waals surface area contributed by atoms with Gasteiger partial charge in [0.25, 0.3) is 0 Å². The zero-order valence-corrected chi connectivity index (χ0v) is 16.3. The van der Waals surface area contributed by atoms with E-state index in [-0.39, 0.29) is 35.4 Å². The van der Waals surface area contributed by atoms with Gasteiger partial charge in [0, 0.05) is 10.8 Å². The van der Waals surface area contributed by atoms with Crippen LogP contribution in [0.4, 0.5) is 4.39 Å². The van der Waals surface area contributed by atoms with Crippen molar-refractivity contribution in [1.82, 2.24) is 0 Å². The Morgan fingerprint density at radius 1 is 1.30 bits per heavy atom. The van der Waals surface area contributed by atoms with Crippen molar-refractivity contribution in [2.75, 3.05) is 0 Å². The molecule has 4 fully saturated rings. The lowest BCUT2D eigenvalue weighted by molar-refractivity contribution is -0.161. The maximum Gasteiger partial charge on any atom is 0.178 e. The van der Waals surface area contributed by atoms with Crippen molar-refractivity contribution < 1.29 is 23.8 Å². The zero-order chi connectivity index (χ0) is 19.6. The summed E-state index contributed by atoms with van der Waals surface area (Å²) in [6.45, 7) is 7.39. The van der Waals surface area contributed by atoms with E-state index in [0.29, 0.717) is 24.8 Å². The number of alkyl halides is 1. The lowest BCUT2D eigenvalue weighted by Crippen LogP contribution is -2.62. The Labute approximate surface area is 158 Å². The Bertz CT molecular complexity index is 832. The number of fused-ring (bicyclic) bond motifs is 3. The summed E-state index contributed by atoms with van der Waals surface area (Å²) in [7, 11) is 0. The number of carbonyl (C=O) groups is 2. The highest BCUT2D eigenvalue weighted by atomic mass is 19.1. The van der Waals surface area contributed by atoms with Gasteiger partial charge >= 0.3 is 0 Å². The van der Waals surface area contributed by atoms with Crippen LogP contribution in [-0.2, 0) is 14.3 Å². The Balaban J connectivity index is 1.64. The van der Waals surface area contributed by atoms with Crippen LogP contribution in [-0.4, -0.2) is 40.2 Å². The van der Waals surface area contributed by atoms with Crippen molar-refractivity contribution in [1.29, 1.82) is 0 Å². The fourth-order valence-corrected chi connectivity index (χ4v) is 7.73. The third-order valence-corrected chi connectivity index (χ3v) is 9.04. The second-order valence-electron chi connectivity index (χ2n) is 9.93. The summed E-state index contributed by atoms with van der Waals surface area (Å²) in [5.74, 6) is -0.588. The predicted octanol–water partition coefficient (Wildman–Crippen LogP) is 2.94. The van der Waals surface area contributed by atoms with E-state index in [0.717, 1.165) is 0 Å². The molecule has 9 atom stereocenters. The van der Waals surface area contributed by atoms with Crippen molar-refractivity contribution in [2.45, 2.75) is 70.4 Å². The Morgan fingerprint density at radius 2 is 2.00 bits per heavy atom. The van der Waals surface area contributed by atoms with Gasteiger partial charge in [0.15, 0.2) is 11.6 Å². The van der Waals surface area contributed by atoms with E-state index in [1.807, 2.05) is 26.8 Å². The lowest BCUT2D eigenvalue weighted by atomic mass is 9.46. The molecule has 0 aromatic carbocycles. The summed E-state index contributed by atoms with van der Waals surface area (Å²) >= 11 is 0. The fourth-order valence-electron chi connectivity index (χ4n) is 7.73. The first-order chi connectivity index (χ1) is 12.5. The number of aliphatic hydroxyl groups is 1. The number of ketones is 2. The summed E-state index contributed by atoms with van der Waals surface area (Å²) in [5, 5.41) is 11.4. The molecule has 0 bridgehead atoms. The number of allylic oxidation sites excluding steroid dienone is 2.